The van der Waals surface area contributed by atoms with Crippen molar-refractivity contribution in [2.24, 2.45) is 4.99 Å². The summed E-state index contributed by atoms with van der Waals surface area (Å²) >= 11 is 1.59. The van der Waals surface area contributed by atoms with E-state index in [4.69, 9.17) is 4.42 Å². The van der Waals surface area contributed by atoms with E-state index in [1.165, 1.54) is 0 Å². The van der Waals surface area contributed by atoms with Crippen LogP contribution in [0.5, 0.6) is 0 Å². The van der Waals surface area contributed by atoms with Gasteiger partial charge < -0.3 is 4.42 Å². The lowest BCUT2D eigenvalue weighted by Crippen LogP contribution is -1.83. The minimum atomic E-state index is 0.332. The SMILES string of the molecule is N#Cc1c(N=Cc2cccs2)oc(-c2ccccc2)c1-c1ccccc1. The van der Waals surface area contributed by atoms with Crippen LogP contribution >= 0.6 is 11.3 Å². The Bertz CT molecular complexity index is 1070. The summed E-state index contributed by atoms with van der Waals surface area (Å²) in [6.07, 6.45) is 1.73. The highest BCUT2D eigenvalue weighted by molar-refractivity contribution is 7.11. The minimum Gasteiger partial charge on any atom is -0.436 e. The van der Waals surface area contributed by atoms with Crippen LogP contribution in [0.4, 0.5) is 5.88 Å². The summed E-state index contributed by atoms with van der Waals surface area (Å²) in [5.41, 5.74) is 3.07. The first kappa shape index (κ1) is 16.1. The van der Waals surface area contributed by atoms with Crippen molar-refractivity contribution >= 4 is 23.4 Å². The molecule has 0 radical (unpaired) electrons. The number of hydrogen-bond donors (Lipinski definition) is 0. The van der Waals surface area contributed by atoms with E-state index in [1.54, 1.807) is 17.6 Å². The van der Waals surface area contributed by atoms with Gasteiger partial charge in [-0.1, -0.05) is 66.7 Å². The van der Waals surface area contributed by atoms with Crippen LogP contribution in [0.1, 0.15) is 10.4 Å². The Morgan fingerprint density at radius 3 is 2.19 bits per heavy atom. The summed E-state index contributed by atoms with van der Waals surface area (Å²) in [6, 6.07) is 25.8. The smallest absolute Gasteiger partial charge is 0.238 e. The molecule has 4 aromatic rings. The molecule has 124 valence electrons. The second kappa shape index (κ2) is 7.22. The molecule has 4 rings (SSSR count). The molecule has 3 nitrogen and oxygen atoms in total. The molecule has 0 atom stereocenters. The quantitative estimate of drug-likeness (QED) is 0.404. The Morgan fingerprint density at radius 2 is 1.58 bits per heavy atom. The molecule has 0 saturated carbocycles. The number of rotatable bonds is 4. The molecule has 0 amide bonds. The highest BCUT2D eigenvalue weighted by Crippen LogP contribution is 2.42. The van der Waals surface area contributed by atoms with Crippen molar-refractivity contribution in [2.75, 3.05) is 0 Å². The first-order valence-electron chi connectivity index (χ1n) is 8.12. The molecule has 0 fully saturated rings. The van der Waals surface area contributed by atoms with Crippen LogP contribution in [-0.2, 0) is 0 Å². The average molecular weight is 354 g/mol. The topological polar surface area (TPSA) is 49.3 Å². The zero-order valence-corrected chi connectivity index (χ0v) is 14.6. The van der Waals surface area contributed by atoms with Gasteiger partial charge in [0.05, 0.1) is 0 Å². The zero-order chi connectivity index (χ0) is 17.8. The predicted octanol–water partition coefficient (Wildman–Crippen LogP) is 6.30. The Labute approximate surface area is 155 Å². The van der Waals surface area contributed by atoms with Crippen LogP contribution in [0.15, 0.2) is 87.6 Å². The molecule has 26 heavy (non-hydrogen) atoms. The fourth-order valence-electron chi connectivity index (χ4n) is 2.77. The van der Waals surface area contributed by atoms with Crippen molar-refractivity contribution in [2.45, 2.75) is 0 Å². The maximum absolute atomic E-state index is 9.80. The number of thiophene rings is 1. The third kappa shape index (κ3) is 3.08. The van der Waals surface area contributed by atoms with E-state index in [0.29, 0.717) is 17.2 Å². The second-order valence-electron chi connectivity index (χ2n) is 5.60. The van der Waals surface area contributed by atoms with Gasteiger partial charge in [-0.25, -0.2) is 4.99 Å². The summed E-state index contributed by atoms with van der Waals surface area (Å²) in [5, 5.41) is 11.8. The van der Waals surface area contributed by atoms with E-state index < -0.39 is 0 Å². The van der Waals surface area contributed by atoms with E-state index in [9.17, 15) is 5.26 Å². The molecule has 2 heterocycles. The van der Waals surface area contributed by atoms with E-state index in [2.05, 4.69) is 11.1 Å². The Morgan fingerprint density at radius 1 is 0.885 bits per heavy atom. The highest BCUT2D eigenvalue weighted by Gasteiger charge is 2.22. The number of nitrogens with zero attached hydrogens (tertiary/aromatic N) is 2. The lowest BCUT2D eigenvalue weighted by molar-refractivity contribution is 0.593. The number of hydrogen-bond acceptors (Lipinski definition) is 4. The summed E-state index contributed by atoms with van der Waals surface area (Å²) in [5.74, 6) is 0.991. The van der Waals surface area contributed by atoms with Crippen molar-refractivity contribution in [3.8, 4) is 28.5 Å². The largest absolute Gasteiger partial charge is 0.436 e. The van der Waals surface area contributed by atoms with Gasteiger partial charge in [-0.2, -0.15) is 5.26 Å². The second-order valence-corrected chi connectivity index (χ2v) is 6.58. The third-order valence-electron chi connectivity index (χ3n) is 3.95. The monoisotopic (exact) mass is 354 g/mol. The molecule has 2 aromatic heterocycles. The molecule has 0 aliphatic heterocycles. The molecular weight excluding hydrogens is 340 g/mol. The zero-order valence-electron chi connectivity index (χ0n) is 13.8. The van der Waals surface area contributed by atoms with Crippen molar-refractivity contribution in [3.05, 3.63) is 88.6 Å². The average Bonchev–Trinajstić information content (AvgIpc) is 3.35. The van der Waals surface area contributed by atoms with Gasteiger partial charge in [0.25, 0.3) is 0 Å². The van der Waals surface area contributed by atoms with Gasteiger partial charge in [0.2, 0.25) is 5.88 Å². The van der Waals surface area contributed by atoms with Gasteiger partial charge in [0.15, 0.2) is 0 Å². The Hall–Kier alpha value is -3.42. The summed E-state index contributed by atoms with van der Waals surface area (Å²) in [4.78, 5) is 5.46. The lowest BCUT2D eigenvalue weighted by atomic mass is 9.98. The maximum Gasteiger partial charge on any atom is 0.238 e. The number of benzene rings is 2. The molecular formula is C22H14N2OS. The van der Waals surface area contributed by atoms with Crippen LogP contribution in [0.2, 0.25) is 0 Å². The molecule has 0 spiro atoms. The van der Waals surface area contributed by atoms with Crippen LogP contribution in [-0.4, -0.2) is 6.21 Å². The van der Waals surface area contributed by atoms with Gasteiger partial charge in [-0.15, -0.1) is 11.3 Å². The first-order chi connectivity index (χ1) is 12.9. The Balaban J connectivity index is 1.92. The molecule has 0 bridgehead atoms. The number of nitriles is 1. The molecule has 0 N–H and O–H groups in total. The van der Waals surface area contributed by atoms with Gasteiger partial charge in [0.1, 0.15) is 17.4 Å². The van der Waals surface area contributed by atoms with Crippen LogP contribution in [0.3, 0.4) is 0 Å². The summed E-state index contributed by atoms with van der Waals surface area (Å²) < 4.78 is 6.06. The molecule has 0 unspecified atom stereocenters. The summed E-state index contributed by atoms with van der Waals surface area (Å²) in [6.45, 7) is 0. The standard InChI is InChI=1S/C22H14N2OS/c23-14-19-20(16-8-3-1-4-9-16)21(17-10-5-2-6-11-17)25-22(19)24-15-18-12-7-13-26-18/h1-13,15H. The van der Waals surface area contributed by atoms with Gasteiger partial charge in [-0.3, -0.25) is 0 Å². The highest BCUT2D eigenvalue weighted by atomic mass is 32.1. The molecule has 0 aliphatic carbocycles. The van der Waals surface area contributed by atoms with E-state index in [0.717, 1.165) is 21.6 Å². The van der Waals surface area contributed by atoms with Gasteiger partial charge in [0, 0.05) is 22.2 Å². The molecule has 0 aliphatic rings. The van der Waals surface area contributed by atoms with Crippen molar-refractivity contribution in [1.29, 1.82) is 5.26 Å². The van der Waals surface area contributed by atoms with Gasteiger partial charge in [-0.05, 0) is 17.0 Å². The fraction of sp³-hybridized carbons (Fsp3) is 0. The normalized spacial score (nSPS) is 10.9. The van der Waals surface area contributed by atoms with Gasteiger partial charge >= 0.3 is 0 Å². The van der Waals surface area contributed by atoms with Crippen LogP contribution in [0.25, 0.3) is 22.5 Å². The van der Waals surface area contributed by atoms with E-state index in [-0.39, 0.29) is 0 Å². The fourth-order valence-corrected chi connectivity index (χ4v) is 3.36. The number of furan rings is 1. The van der Waals surface area contributed by atoms with E-state index in [1.807, 2.05) is 78.2 Å². The van der Waals surface area contributed by atoms with E-state index >= 15 is 0 Å². The van der Waals surface area contributed by atoms with Crippen molar-refractivity contribution in [3.63, 3.8) is 0 Å². The Kier molecular flexibility index (Phi) is 4.46. The first-order valence-corrected chi connectivity index (χ1v) is 9.00. The minimum absolute atomic E-state index is 0.332. The van der Waals surface area contributed by atoms with Crippen molar-refractivity contribution < 1.29 is 4.42 Å². The molecule has 2 aromatic carbocycles. The number of aliphatic imine (C=N–C) groups is 1. The lowest BCUT2D eigenvalue weighted by Gasteiger charge is -2.03. The summed E-state index contributed by atoms with van der Waals surface area (Å²) in [7, 11) is 0. The maximum atomic E-state index is 9.80. The van der Waals surface area contributed by atoms with Crippen molar-refractivity contribution in [1.82, 2.24) is 0 Å². The molecule has 4 heteroatoms. The predicted molar refractivity (Wildman–Crippen MR) is 106 cm³/mol. The van der Waals surface area contributed by atoms with Crippen LogP contribution < -0.4 is 0 Å². The third-order valence-corrected chi connectivity index (χ3v) is 4.76. The van der Waals surface area contributed by atoms with Crippen LogP contribution in [0, 0.1) is 11.3 Å². The molecule has 0 saturated heterocycles.